The molecule has 0 fully saturated rings. The van der Waals surface area contributed by atoms with E-state index in [1.807, 2.05) is 0 Å². The lowest BCUT2D eigenvalue weighted by Crippen LogP contribution is -2.30. The zero-order valence-corrected chi connectivity index (χ0v) is 15.2. The fourth-order valence-corrected chi connectivity index (χ4v) is 2.36. The number of carbonyl (C=O) groups excluding carboxylic acids is 2. The number of nitro benzene ring substituents is 1. The number of carbonyl (C=O) groups is 2. The first-order valence-corrected chi connectivity index (χ1v) is 8.13. The van der Waals surface area contributed by atoms with Crippen LogP contribution in [0.5, 0.6) is 0 Å². The van der Waals surface area contributed by atoms with Crippen LogP contribution in [-0.2, 0) is 16.1 Å². The summed E-state index contributed by atoms with van der Waals surface area (Å²) in [6, 6.07) is 10.5. The van der Waals surface area contributed by atoms with E-state index in [1.165, 1.54) is 17.0 Å². The van der Waals surface area contributed by atoms with Crippen LogP contribution in [0.3, 0.4) is 0 Å². The third-order valence-corrected chi connectivity index (χ3v) is 4.04. The Morgan fingerprint density at radius 2 is 1.81 bits per heavy atom. The maximum atomic E-state index is 12.1. The Bertz CT molecular complexity index is 840. The zero-order valence-electron chi connectivity index (χ0n) is 13.6. The topological polar surface area (TPSA) is 89.8 Å². The van der Waals surface area contributed by atoms with Crippen molar-refractivity contribution in [2.24, 2.45) is 0 Å². The van der Waals surface area contributed by atoms with Gasteiger partial charge in [-0.15, -0.1) is 0 Å². The van der Waals surface area contributed by atoms with Gasteiger partial charge in [-0.05, 0) is 29.8 Å². The van der Waals surface area contributed by atoms with Crippen molar-refractivity contribution in [2.75, 3.05) is 13.7 Å². The summed E-state index contributed by atoms with van der Waals surface area (Å²) in [7, 11) is 1.57. The van der Waals surface area contributed by atoms with E-state index in [0.29, 0.717) is 11.6 Å². The van der Waals surface area contributed by atoms with Crippen molar-refractivity contribution in [3.05, 3.63) is 73.8 Å². The van der Waals surface area contributed by atoms with Gasteiger partial charge in [-0.2, -0.15) is 0 Å². The zero-order chi connectivity index (χ0) is 19.3. The Morgan fingerprint density at radius 3 is 2.42 bits per heavy atom. The number of halogens is 2. The second-order valence-corrected chi connectivity index (χ2v) is 6.22. The van der Waals surface area contributed by atoms with E-state index in [1.54, 1.807) is 31.3 Å². The van der Waals surface area contributed by atoms with Gasteiger partial charge in [0.1, 0.15) is 5.02 Å². The molecule has 0 aliphatic carbocycles. The van der Waals surface area contributed by atoms with Crippen LogP contribution >= 0.6 is 23.2 Å². The molecule has 0 spiro atoms. The molecule has 0 saturated carbocycles. The van der Waals surface area contributed by atoms with Gasteiger partial charge in [0.2, 0.25) is 0 Å². The number of likely N-dealkylation sites (N-methyl/N-ethyl adjacent to an activating group) is 1. The molecule has 0 heterocycles. The third kappa shape index (κ3) is 5.18. The fourth-order valence-electron chi connectivity index (χ4n) is 2.05. The first-order chi connectivity index (χ1) is 12.3. The first-order valence-electron chi connectivity index (χ1n) is 7.37. The lowest BCUT2D eigenvalue weighted by atomic mass is 10.2. The Labute approximate surface area is 159 Å². The monoisotopic (exact) mass is 396 g/mol. The highest BCUT2D eigenvalue weighted by Crippen LogP contribution is 2.25. The van der Waals surface area contributed by atoms with Gasteiger partial charge in [-0.3, -0.25) is 14.9 Å². The fraction of sp³-hybridized carbons (Fsp3) is 0.176. The smallest absolute Gasteiger partial charge is 0.338 e. The van der Waals surface area contributed by atoms with Gasteiger partial charge in [-0.25, -0.2) is 4.79 Å². The molecule has 0 aromatic heterocycles. The van der Waals surface area contributed by atoms with Crippen LogP contribution in [-0.4, -0.2) is 35.4 Å². The summed E-state index contributed by atoms with van der Waals surface area (Å²) in [6.45, 7) is -0.167. The minimum absolute atomic E-state index is 0.0609. The standard InChI is InChI=1S/C17H14Cl2N2O5/c1-20(9-11-2-5-13(18)6-3-11)16(22)10-26-17(23)12-4-7-14(19)15(8-12)21(24)25/h2-8H,9-10H2,1H3. The molecule has 0 radical (unpaired) electrons. The minimum Gasteiger partial charge on any atom is -0.452 e. The minimum atomic E-state index is -0.849. The van der Waals surface area contributed by atoms with Gasteiger partial charge in [0, 0.05) is 24.7 Å². The summed E-state index contributed by atoms with van der Waals surface area (Å²) >= 11 is 11.5. The number of amides is 1. The molecule has 0 bridgehead atoms. The average Bonchev–Trinajstić information content (AvgIpc) is 2.61. The van der Waals surface area contributed by atoms with Gasteiger partial charge in [-0.1, -0.05) is 35.3 Å². The van der Waals surface area contributed by atoms with E-state index in [9.17, 15) is 19.7 Å². The van der Waals surface area contributed by atoms with E-state index in [-0.39, 0.29) is 10.6 Å². The maximum Gasteiger partial charge on any atom is 0.338 e. The molecule has 2 aromatic carbocycles. The number of hydrogen-bond acceptors (Lipinski definition) is 5. The Morgan fingerprint density at radius 1 is 1.15 bits per heavy atom. The van der Waals surface area contributed by atoms with Gasteiger partial charge < -0.3 is 9.64 Å². The van der Waals surface area contributed by atoms with Crippen molar-refractivity contribution in [2.45, 2.75) is 6.54 Å². The van der Waals surface area contributed by atoms with Gasteiger partial charge in [0.05, 0.1) is 10.5 Å². The summed E-state index contributed by atoms with van der Waals surface area (Å²) < 4.78 is 4.93. The Kier molecular flexibility index (Phi) is 6.54. The summed E-state index contributed by atoms with van der Waals surface area (Å²) in [6.07, 6.45) is 0. The normalized spacial score (nSPS) is 10.3. The maximum absolute atomic E-state index is 12.1. The van der Waals surface area contributed by atoms with Crippen molar-refractivity contribution in [3.63, 3.8) is 0 Å². The lowest BCUT2D eigenvalue weighted by molar-refractivity contribution is -0.384. The summed E-state index contributed by atoms with van der Waals surface area (Å²) in [5.41, 5.74) is 0.395. The van der Waals surface area contributed by atoms with Crippen molar-refractivity contribution < 1.29 is 19.2 Å². The van der Waals surface area contributed by atoms with Crippen molar-refractivity contribution >= 4 is 40.8 Å². The number of benzene rings is 2. The number of rotatable bonds is 6. The summed E-state index contributed by atoms with van der Waals surface area (Å²) in [5.74, 6) is -1.27. The lowest BCUT2D eigenvalue weighted by Gasteiger charge is -2.17. The van der Waals surface area contributed by atoms with Crippen LogP contribution in [0.4, 0.5) is 5.69 Å². The summed E-state index contributed by atoms with van der Waals surface area (Å²) in [5, 5.41) is 11.3. The molecular formula is C17H14Cl2N2O5. The molecule has 1 amide bonds. The van der Waals surface area contributed by atoms with Crippen molar-refractivity contribution in [3.8, 4) is 0 Å². The number of esters is 1. The van der Waals surface area contributed by atoms with Crippen molar-refractivity contribution in [1.29, 1.82) is 0 Å². The molecule has 2 rings (SSSR count). The van der Waals surface area contributed by atoms with Gasteiger partial charge >= 0.3 is 5.97 Å². The molecule has 0 unspecified atom stereocenters. The molecule has 0 aliphatic rings. The van der Waals surface area contributed by atoms with Crippen LogP contribution < -0.4 is 0 Å². The highest BCUT2D eigenvalue weighted by Gasteiger charge is 2.18. The number of nitrogens with zero attached hydrogens (tertiary/aromatic N) is 2. The van der Waals surface area contributed by atoms with E-state index in [4.69, 9.17) is 27.9 Å². The predicted octanol–water partition coefficient (Wildman–Crippen LogP) is 3.72. The van der Waals surface area contributed by atoms with E-state index < -0.39 is 29.1 Å². The molecule has 0 saturated heterocycles. The van der Waals surface area contributed by atoms with Gasteiger partial charge in [0.15, 0.2) is 6.61 Å². The third-order valence-electron chi connectivity index (χ3n) is 3.46. The molecule has 2 aromatic rings. The largest absolute Gasteiger partial charge is 0.452 e. The first kappa shape index (κ1) is 19.7. The average molecular weight is 397 g/mol. The molecular weight excluding hydrogens is 383 g/mol. The predicted molar refractivity (Wildman–Crippen MR) is 96.3 cm³/mol. The highest BCUT2D eigenvalue weighted by atomic mass is 35.5. The van der Waals surface area contributed by atoms with Crippen molar-refractivity contribution in [1.82, 2.24) is 4.90 Å². The van der Waals surface area contributed by atoms with Gasteiger partial charge in [0.25, 0.3) is 11.6 Å². The quantitative estimate of drug-likeness (QED) is 0.421. The number of ether oxygens (including phenoxy) is 1. The number of nitro groups is 1. The molecule has 9 heteroatoms. The molecule has 7 nitrogen and oxygen atoms in total. The van der Waals surface area contributed by atoms with Crippen LogP contribution in [0.25, 0.3) is 0 Å². The van der Waals surface area contributed by atoms with Crippen LogP contribution in [0.15, 0.2) is 42.5 Å². The second-order valence-electron chi connectivity index (χ2n) is 5.38. The Balaban J connectivity index is 1.93. The molecule has 0 atom stereocenters. The molecule has 0 aliphatic heterocycles. The Hall–Kier alpha value is -2.64. The molecule has 136 valence electrons. The van der Waals surface area contributed by atoms with Crippen LogP contribution in [0.2, 0.25) is 10.0 Å². The van der Waals surface area contributed by atoms with E-state index in [0.717, 1.165) is 11.6 Å². The highest BCUT2D eigenvalue weighted by molar-refractivity contribution is 6.32. The molecule has 26 heavy (non-hydrogen) atoms. The van der Waals surface area contributed by atoms with E-state index >= 15 is 0 Å². The molecule has 0 N–H and O–H groups in total. The van der Waals surface area contributed by atoms with Crippen LogP contribution in [0, 0.1) is 10.1 Å². The SMILES string of the molecule is CN(Cc1ccc(Cl)cc1)C(=O)COC(=O)c1ccc(Cl)c([N+](=O)[O-])c1. The summed E-state index contributed by atoms with van der Waals surface area (Å²) in [4.78, 5) is 35.6. The van der Waals surface area contributed by atoms with E-state index in [2.05, 4.69) is 0 Å². The second kappa shape index (κ2) is 8.64. The van der Waals surface area contributed by atoms with Crippen LogP contribution in [0.1, 0.15) is 15.9 Å². The number of hydrogen-bond donors (Lipinski definition) is 0.